The third-order valence-corrected chi connectivity index (χ3v) is 1.87. The molecule has 0 saturated carbocycles. The molecule has 3 heteroatoms. The van der Waals surface area contributed by atoms with Gasteiger partial charge in [-0.15, -0.1) is 35.9 Å². The Morgan fingerprint density at radius 1 is 1.27 bits per heavy atom. The van der Waals surface area contributed by atoms with Gasteiger partial charge in [-0.05, 0) is 11.8 Å². The minimum Gasteiger partial charge on any atom is -0.305 e. The van der Waals surface area contributed by atoms with E-state index in [9.17, 15) is 0 Å². The molecule has 1 radical (unpaired) electrons. The van der Waals surface area contributed by atoms with Crippen molar-refractivity contribution in [3.05, 3.63) is 54.2 Å². The van der Waals surface area contributed by atoms with Crippen molar-refractivity contribution < 1.29 is 20.1 Å². The van der Waals surface area contributed by atoms with Crippen LogP contribution < -0.4 is 0 Å². The Balaban J connectivity index is 0.00000112. The topological polar surface area (TPSA) is 36.7 Å². The second-order valence-electron chi connectivity index (χ2n) is 2.82. The van der Waals surface area contributed by atoms with Crippen molar-refractivity contribution in [1.29, 1.82) is 5.26 Å². The fourth-order valence-corrected chi connectivity index (χ4v) is 1.20. The maximum atomic E-state index is 8.72. The number of aromatic nitrogens is 1. The maximum absolute atomic E-state index is 8.72. The molecule has 0 fully saturated rings. The average Bonchev–Trinajstić information content (AvgIpc) is 2.30. The van der Waals surface area contributed by atoms with E-state index in [-0.39, 0.29) is 20.1 Å². The van der Waals surface area contributed by atoms with Gasteiger partial charge in [-0.25, -0.2) is 0 Å². The fourth-order valence-electron chi connectivity index (χ4n) is 1.20. The summed E-state index contributed by atoms with van der Waals surface area (Å²) in [6, 6.07) is 16.2. The minimum absolute atomic E-state index is 0. The third-order valence-electron chi connectivity index (χ3n) is 1.87. The first-order valence-electron chi connectivity index (χ1n) is 4.23. The molecule has 1 aromatic carbocycles. The predicted molar refractivity (Wildman–Crippen MR) is 53.2 cm³/mol. The number of hydrogen-bond acceptors (Lipinski definition) is 2. The molecule has 0 aliphatic heterocycles. The van der Waals surface area contributed by atoms with Gasteiger partial charge in [0.15, 0.2) is 0 Å². The maximum Gasteiger partial charge on any atom is 0.0984 e. The third kappa shape index (κ3) is 2.73. The molecule has 0 aliphatic rings. The standard InChI is InChI=1S/C12H7N2.Ir/c13-9-10-6-7-14-12(8-10)11-4-2-1-3-5-11;/h1-4,6-8H;/q-1;. The van der Waals surface area contributed by atoms with Gasteiger partial charge in [-0.1, -0.05) is 6.07 Å². The first-order valence-corrected chi connectivity index (χ1v) is 4.23. The summed E-state index contributed by atoms with van der Waals surface area (Å²) < 4.78 is 0. The molecule has 1 heterocycles. The van der Waals surface area contributed by atoms with Gasteiger partial charge in [-0.3, -0.25) is 0 Å². The molecule has 2 rings (SSSR count). The van der Waals surface area contributed by atoms with E-state index in [4.69, 9.17) is 5.26 Å². The smallest absolute Gasteiger partial charge is 0.0984 e. The fraction of sp³-hybridized carbons (Fsp3) is 0. The molecule has 2 nitrogen and oxygen atoms in total. The second-order valence-corrected chi connectivity index (χ2v) is 2.82. The van der Waals surface area contributed by atoms with E-state index in [0.29, 0.717) is 5.56 Å². The zero-order valence-electron chi connectivity index (χ0n) is 7.77. The summed E-state index contributed by atoms with van der Waals surface area (Å²) in [6.07, 6.45) is 1.63. The van der Waals surface area contributed by atoms with Crippen LogP contribution >= 0.6 is 0 Å². The molecule has 0 spiro atoms. The van der Waals surface area contributed by atoms with Crippen LogP contribution in [-0.4, -0.2) is 4.98 Å². The molecular formula is C12H7IrN2-. The Kier molecular flexibility index (Phi) is 4.17. The molecule has 1 aromatic heterocycles. The molecule has 0 unspecified atom stereocenters. The van der Waals surface area contributed by atoms with Crippen LogP contribution in [0, 0.1) is 17.4 Å². The molecule has 0 bridgehead atoms. The summed E-state index contributed by atoms with van der Waals surface area (Å²) in [7, 11) is 0. The normalized spacial score (nSPS) is 8.73. The first kappa shape index (κ1) is 11.6. The Bertz CT molecular complexity index is 474. The first-order chi connectivity index (χ1) is 6.90. The molecule has 0 aliphatic carbocycles. The van der Waals surface area contributed by atoms with Gasteiger partial charge >= 0.3 is 0 Å². The molecule has 2 aromatic rings. The Labute approximate surface area is 102 Å². The summed E-state index contributed by atoms with van der Waals surface area (Å²) in [5.74, 6) is 0. The summed E-state index contributed by atoms with van der Waals surface area (Å²) in [5, 5.41) is 8.72. The Morgan fingerprint density at radius 2 is 2.13 bits per heavy atom. The van der Waals surface area contributed by atoms with E-state index in [2.05, 4.69) is 17.1 Å². The van der Waals surface area contributed by atoms with Gasteiger partial charge < -0.3 is 4.98 Å². The molecule has 0 N–H and O–H groups in total. The van der Waals surface area contributed by atoms with Crippen LogP contribution in [0.2, 0.25) is 0 Å². The monoisotopic (exact) mass is 372 g/mol. The molecule has 15 heavy (non-hydrogen) atoms. The number of rotatable bonds is 1. The van der Waals surface area contributed by atoms with E-state index in [1.165, 1.54) is 0 Å². The van der Waals surface area contributed by atoms with Crippen LogP contribution in [0.4, 0.5) is 0 Å². The summed E-state index contributed by atoms with van der Waals surface area (Å²) in [6.45, 7) is 0. The predicted octanol–water partition coefficient (Wildman–Crippen LogP) is 2.42. The zero-order valence-corrected chi connectivity index (χ0v) is 10.2. The molecule has 0 amide bonds. The van der Waals surface area contributed by atoms with Crippen molar-refractivity contribution in [2.45, 2.75) is 0 Å². The van der Waals surface area contributed by atoms with E-state index in [0.717, 1.165) is 11.3 Å². The average molecular weight is 371 g/mol. The van der Waals surface area contributed by atoms with Crippen LogP contribution in [0.15, 0.2) is 42.6 Å². The Morgan fingerprint density at radius 3 is 2.80 bits per heavy atom. The van der Waals surface area contributed by atoms with E-state index >= 15 is 0 Å². The van der Waals surface area contributed by atoms with Gasteiger partial charge in [0.05, 0.1) is 6.07 Å². The van der Waals surface area contributed by atoms with Crippen molar-refractivity contribution in [2.75, 3.05) is 0 Å². The van der Waals surface area contributed by atoms with E-state index in [1.807, 2.05) is 24.3 Å². The van der Waals surface area contributed by atoms with Gasteiger partial charge in [0.25, 0.3) is 0 Å². The van der Waals surface area contributed by atoms with Crippen molar-refractivity contribution >= 4 is 0 Å². The van der Waals surface area contributed by atoms with E-state index in [1.54, 1.807) is 18.3 Å². The van der Waals surface area contributed by atoms with Crippen molar-refractivity contribution in [2.24, 2.45) is 0 Å². The SMILES string of the molecule is N#Cc1ccnc(-c2[c-]cccc2)c1.[Ir]. The van der Waals surface area contributed by atoms with E-state index < -0.39 is 0 Å². The van der Waals surface area contributed by atoms with Crippen LogP contribution in [0.25, 0.3) is 11.3 Å². The zero-order chi connectivity index (χ0) is 9.80. The summed E-state index contributed by atoms with van der Waals surface area (Å²) in [4.78, 5) is 4.18. The van der Waals surface area contributed by atoms with Crippen LogP contribution in [0.5, 0.6) is 0 Å². The quantitative estimate of drug-likeness (QED) is 0.722. The van der Waals surface area contributed by atoms with Crippen molar-refractivity contribution in [1.82, 2.24) is 4.98 Å². The summed E-state index contributed by atoms with van der Waals surface area (Å²) in [5.41, 5.74) is 2.31. The Hall–Kier alpha value is -1.49. The largest absolute Gasteiger partial charge is 0.305 e. The van der Waals surface area contributed by atoms with Gasteiger partial charge in [0.1, 0.15) is 0 Å². The van der Waals surface area contributed by atoms with Crippen molar-refractivity contribution in [3.63, 3.8) is 0 Å². The molecule has 0 saturated heterocycles. The van der Waals surface area contributed by atoms with Gasteiger partial charge in [0.2, 0.25) is 0 Å². The second kappa shape index (κ2) is 5.41. The van der Waals surface area contributed by atoms with Crippen LogP contribution in [0.1, 0.15) is 5.56 Å². The number of nitrogens with zero attached hydrogens (tertiary/aromatic N) is 2. The molecule has 0 atom stereocenters. The number of benzene rings is 1. The van der Waals surface area contributed by atoms with Crippen LogP contribution in [-0.2, 0) is 20.1 Å². The number of hydrogen-bond donors (Lipinski definition) is 0. The number of nitriles is 1. The molecular weight excluding hydrogens is 364 g/mol. The number of pyridine rings is 1. The van der Waals surface area contributed by atoms with Crippen LogP contribution in [0.3, 0.4) is 0 Å². The minimum atomic E-state index is 0. The van der Waals surface area contributed by atoms with Gasteiger partial charge in [0, 0.05) is 31.9 Å². The molecule has 75 valence electrons. The van der Waals surface area contributed by atoms with Gasteiger partial charge in [-0.2, -0.15) is 5.26 Å². The van der Waals surface area contributed by atoms with Crippen molar-refractivity contribution in [3.8, 4) is 17.3 Å². The summed E-state index contributed by atoms with van der Waals surface area (Å²) >= 11 is 0.